The second kappa shape index (κ2) is 3.93. The summed E-state index contributed by atoms with van der Waals surface area (Å²) < 4.78 is 12.7. The van der Waals surface area contributed by atoms with Gasteiger partial charge in [-0.15, -0.1) is 0 Å². The van der Waals surface area contributed by atoms with Crippen LogP contribution in [0.2, 0.25) is 0 Å². The van der Waals surface area contributed by atoms with E-state index >= 15 is 0 Å². The molecule has 1 rings (SSSR count). The molecule has 1 fully saturated rings. The van der Waals surface area contributed by atoms with Crippen LogP contribution in [0.3, 0.4) is 0 Å². The van der Waals surface area contributed by atoms with Crippen molar-refractivity contribution < 1.29 is 9.18 Å². The van der Waals surface area contributed by atoms with Gasteiger partial charge in [-0.3, -0.25) is 10.1 Å². The lowest BCUT2D eigenvalue weighted by molar-refractivity contribution is -0.129. The molecule has 0 aromatic rings. The van der Waals surface area contributed by atoms with Crippen LogP contribution in [0.15, 0.2) is 12.4 Å². The van der Waals surface area contributed by atoms with Crippen LogP contribution in [-0.2, 0) is 4.79 Å². The number of carbonyl (C=O) groups is 1. The van der Waals surface area contributed by atoms with E-state index < -0.39 is 11.9 Å². The Morgan fingerprint density at radius 3 is 2.47 bits per heavy atom. The highest BCUT2D eigenvalue weighted by atomic mass is 19.1. The molecule has 1 saturated heterocycles. The first-order valence-corrected chi connectivity index (χ1v) is 5.09. The van der Waals surface area contributed by atoms with Crippen LogP contribution in [0.4, 0.5) is 4.39 Å². The van der Waals surface area contributed by atoms with Gasteiger partial charge in [-0.1, -0.05) is 27.4 Å². The lowest BCUT2D eigenvalue weighted by atomic mass is 9.92. The van der Waals surface area contributed by atoms with Crippen LogP contribution in [0.5, 0.6) is 0 Å². The summed E-state index contributed by atoms with van der Waals surface area (Å²) in [7, 11) is 1.74. The summed E-state index contributed by atoms with van der Waals surface area (Å²) in [5.41, 5.74) is -0.0587. The third kappa shape index (κ3) is 2.56. The number of carbonyl (C=O) groups excluding carboxylic acids is 1. The topological polar surface area (TPSA) is 32.3 Å². The van der Waals surface area contributed by atoms with Crippen LogP contribution in [0, 0.1) is 5.41 Å². The zero-order valence-electron chi connectivity index (χ0n) is 9.80. The summed E-state index contributed by atoms with van der Waals surface area (Å²) in [6.45, 7) is 9.32. The molecule has 0 spiro atoms. The van der Waals surface area contributed by atoms with E-state index in [-0.39, 0.29) is 23.9 Å². The van der Waals surface area contributed by atoms with E-state index in [4.69, 9.17) is 0 Å². The minimum atomic E-state index is -0.461. The highest BCUT2D eigenvalue weighted by Gasteiger charge is 2.42. The third-order valence-corrected chi connectivity index (χ3v) is 2.64. The Morgan fingerprint density at radius 1 is 1.60 bits per heavy atom. The Bertz CT molecular complexity index is 283. The molecule has 3 nitrogen and oxygen atoms in total. The number of rotatable bonds is 2. The molecule has 0 aromatic carbocycles. The van der Waals surface area contributed by atoms with Crippen molar-refractivity contribution in [2.45, 2.75) is 39.4 Å². The zero-order valence-corrected chi connectivity index (χ0v) is 9.80. The average molecular weight is 214 g/mol. The summed E-state index contributed by atoms with van der Waals surface area (Å²) in [4.78, 5) is 13.4. The van der Waals surface area contributed by atoms with Crippen molar-refractivity contribution in [2.75, 3.05) is 7.05 Å². The second-order valence-electron chi connectivity index (χ2n) is 5.16. The highest BCUT2D eigenvalue weighted by molar-refractivity contribution is 5.84. The molecule has 0 bridgehead atoms. The van der Waals surface area contributed by atoms with Gasteiger partial charge in [-0.25, -0.2) is 4.39 Å². The number of hydrogen-bond donors (Lipinski definition) is 1. The first-order valence-electron chi connectivity index (χ1n) is 5.09. The van der Waals surface area contributed by atoms with E-state index in [1.54, 1.807) is 11.9 Å². The minimum absolute atomic E-state index is 0.0469. The SMILES string of the molecule is C=C(F)C[C@@H]1N[C@@H](C(C)(C)C)N(C)C1=O. The Hall–Kier alpha value is -0.900. The summed E-state index contributed by atoms with van der Waals surface area (Å²) in [6, 6.07) is -0.461. The van der Waals surface area contributed by atoms with Crippen molar-refractivity contribution in [3.8, 4) is 0 Å². The quantitative estimate of drug-likeness (QED) is 0.758. The normalized spacial score (nSPS) is 27.3. The Kier molecular flexibility index (Phi) is 3.19. The van der Waals surface area contributed by atoms with Gasteiger partial charge in [0.15, 0.2) is 0 Å². The van der Waals surface area contributed by atoms with Gasteiger partial charge in [0.05, 0.1) is 18.0 Å². The van der Waals surface area contributed by atoms with E-state index in [1.807, 2.05) is 20.8 Å². The van der Waals surface area contributed by atoms with Gasteiger partial charge in [0.1, 0.15) is 0 Å². The molecule has 1 aliphatic heterocycles. The van der Waals surface area contributed by atoms with Crippen molar-refractivity contribution in [1.29, 1.82) is 0 Å². The zero-order chi connectivity index (χ0) is 11.8. The molecule has 0 unspecified atom stereocenters. The molecule has 0 aliphatic carbocycles. The molecular formula is C11H19FN2O. The van der Waals surface area contributed by atoms with Gasteiger partial charge in [-0.05, 0) is 5.41 Å². The maximum Gasteiger partial charge on any atom is 0.241 e. The van der Waals surface area contributed by atoms with Crippen molar-refractivity contribution in [2.24, 2.45) is 5.41 Å². The van der Waals surface area contributed by atoms with E-state index in [0.29, 0.717) is 0 Å². The van der Waals surface area contributed by atoms with Crippen LogP contribution in [0.25, 0.3) is 0 Å². The summed E-state index contributed by atoms with van der Waals surface area (Å²) in [5.74, 6) is -0.516. The number of hydrogen-bond acceptors (Lipinski definition) is 2. The number of halogens is 1. The van der Waals surface area contributed by atoms with Gasteiger partial charge in [0.25, 0.3) is 0 Å². The molecule has 0 radical (unpaired) electrons. The van der Waals surface area contributed by atoms with Gasteiger partial charge in [-0.2, -0.15) is 0 Å². The monoisotopic (exact) mass is 214 g/mol. The maximum atomic E-state index is 12.7. The predicted octanol–water partition coefficient (Wildman–Crippen LogP) is 1.66. The van der Waals surface area contributed by atoms with Crippen molar-refractivity contribution in [1.82, 2.24) is 10.2 Å². The summed E-state index contributed by atoms with van der Waals surface area (Å²) in [5, 5.41) is 3.14. The number of nitrogens with one attached hydrogen (secondary N) is 1. The van der Waals surface area contributed by atoms with Gasteiger partial charge in [0.2, 0.25) is 5.91 Å². The standard InChI is InChI=1S/C11H19FN2O/c1-7(12)6-8-9(15)14(5)10(13-8)11(2,3)4/h8,10,13H,1,6H2,2-5H3/t8-,10+/m0/s1. The molecule has 0 aromatic heterocycles. The molecular weight excluding hydrogens is 195 g/mol. The molecule has 15 heavy (non-hydrogen) atoms. The smallest absolute Gasteiger partial charge is 0.241 e. The van der Waals surface area contributed by atoms with Crippen LogP contribution >= 0.6 is 0 Å². The Labute approximate surface area is 90.3 Å². The molecule has 2 atom stereocenters. The lowest BCUT2D eigenvalue weighted by Gasteiger charge is -2.32. The van der Waals surface area contributed by atoms with Gasteiger partial charge in [0, 0.05) is 13.5 Å². The molecule has 0 saturated carbocycles. The fourth-order valence-corrected chi connectivity index (χ4v) is 1.95. The fraction of sp³-hybridized carbons (Fsp3) is 0.727. The number of likely N-dealkylation sites (N-methyl/N-ethyl adjacent to an activating group) is 1. The average Bonchev–Trinajstić information content (AvgIpc) is 2.30. The van der Waals surface area contributed by atoms with Crippen molar-refractivity contribution in [3.05, 3.63) is 12.4 Å². The fourth-order valence-electron chi connectivity index (χ4n) is 1.95. The summed E-state index contributed by atoms with van der Waals surface area (Å²) in [6.07, 6.45) is 0.0183. The Balaban J connectivity index is 2.76. The molecule has 1 N–H and O–H groups in total. The molecule has 1 amide bonds. The highest BCUT2D eigenvalue weighted by Crippen LogP contribution is 2.27. The lowest BCUT2D eigenvalue weighted by Crippen LogP contribution is -2.45. The third-order valence-electron chi connectivity index (χ3n) is 2.64. The van der Waals surface area contributed by atoms with Crippen molar-refractivity contribution >= 4 is 5.91 Å². The number of amides is 1. The van der Waals surface area contributed by atoms with E-state index in [2.05, 4.69) is 11.9 Å². The van der Waals surface area contributed by atoms with E-state index in [1.165, 1.54) is 0 Å². The first kappa shape index (κ1) is 12.2. The van der Waals surface area contributed by atoms with E-state index in [0.717, 1.165) is 0 Å². The Morgan fingerprint density at radius 2 is 2.13 bits per heavy atom. The minimum Gasteiger partial charge on any atom is -0.328 e. The van der Waals surface area contributed by atoms with Crippen LogP contribution < -0.4 is 5.32 Å². The first-order chi connectivity index (χ1) is 6.73. The van der Waals surface area contributed by atoms with Gasteiger partial charge >= 0.3 is 0 Å². The van der Waals surface area contributed by atoms with E-state index in [9.17, 15) is 9.18 Å². The number of nitrogens with zero attached hydrogens (tertiary/aromatic N) is 1. The maximum absolute atomic E-state index is 12.7. The van der Waals surface area contributed by atoms with Crippen LogP contribution in [-0.4, -0.2) is 30.1 Å². The molecule has 86 valence electrons. The van der Waals surface area contributed by atoms with Gasteiger partial charge < -0.3 is 4.90 Å². The molecule has 4 heteroatoms. The summed E-state index contributed by atoms with van der Waals surface area (Å²) >= 11 is 0. The predicted molar refractivity (Wildman–Crippen MR) is 57.8 cm³/mol. The second-order valence-corrected chi connectivity index (χ2v) is 5.16. The molecule has 1 aliphatic rings. The molecule has 1 heterocycles. The largest absolute Gasteiger partial charge is 0.328 e. The van der Waals surface area contributed by atoms with Crippen LogP contribution in [0.1, 0.15) is 27.2 Å². The van der Waals surface area contributed by atoms with Crippen molar-refractivity contribution in [3.63, 3.8) is 0 Å².